The zero-order valence-corrected chi connectivity index (χ0v) is 10.6. The van der Waals surface area contributed by atoms with Gasteiger partial charge in [-0.1, -0.05) is 0 Å². The molecule has 1 atom stereocenters. The van der Waals surface area contributed by atoms with Gasteiger partial charge in [-0.05, 0) is 37.8 Å². The number of nitrogens with one attached hydrogen (secondary N) is 1. The summed E-state index contributed by atoms with van der Waals surface area (Å²) < 4.78 is 26.4. The van der Waals surface area contributed by atoms with Gasteiger partial charge in [-0.3, -0.25) is 0 Å². The molecule has 1 aliphatic carbocycles. The molecule has 0 bridgehead atoms. The van der Waals surface area contributed by atoms with Crippen molar-refractivity contribution >= 4 is 0 Å². The second kappa shape index (κ2) is 4.13. The monoisotopic (exact) mass is 263 g/mol. The van der Waals surface area contributed by atoms with E-state index in [0.717, 1.165) is 18.9 Å². The van der Waals surface area contributed by atoms with Crippen LogP contribution in [0.2, 0.25) is 0 Å². The molecule has 0 spiro atoms. The molecule has 0 amide bonds. The molecule has 1 fully saturated rings. The van der Waals surface area contributed by atoms with Gasteiger partial charge in [0.05, 0.1) is 17.4 Å². The van der Waals surface area contributed by atoms with Crippen LogP contribution in [0.1, 0.15) is 25.6 Å². The van der Waals surface area contributed by atoms with Crippen LogP contribution in [-0.4, -0.2) is 9.97 Å². The van der Waals surface area contributed by atoms with Crippen molar-refractivity contribution in [2.45, 2.75) is 25.3 Å². The Balaban J connectivity index is 1.96. The van der Waals surface area contributed by atoms with E-state index in [-0.39, 0.29) is 0 Å². The molecule has 0 aliphatic heterocycles. The van der Waals surface area contributed by atoms with Crippen molar-refractivity contribution in [3.8, 4) is 11.3 Å². The third-order valence-electron chi connectivity index (χ3n) is 3.69. The first kappa shape index (κ1) is 12.3. The van der Waals surface area contributed by atoms with Gasteiger partial charge in [-0.2, -0.15) is 0 Å². The number of nitrogens with two attached hydrogens (primary N) is 1. The molecular formula is C14H15F2N3. The number of rotatable bonds is 3. The normalized spacial score (nSPS) is 18.3. The molecule has 1 heterocycles. The van der Waals surface area contributed by atoms with Gasteiger partial charge in [0.25, 0.3) is 0 Å². The molecule has 1 aromatic heterocycles. The number of halogens is 2. The van der Waals surface area contributed by atoms with Gasteiger partial charge in [0.2, 0.25) is 0 Å². The lowest BCUT2D eigenvalue weighted by molar-refractivity contribution is 0.404. The second-order valence-corrected chi connectivity index (χ2v) is 5.36. The first-order valence-corrected chi connectivity index (χ1v) is 6.27. The van der Waals surface area contributed by atoms with Gasteiger partial charge in [-0.15, -0.1) is 0 Å². The molecule has 0 radical (unpaired) electrons. The summed E-state index contributed by atoms with van der Waals surface area (Å²) >= 11 is 0. The molecule has 100 valence electrons. The van der Waals surface area contributed by atoms with Crippen molar-refractivity contribution in [1.29, 1.82) is 0 Å². The lowest BCUT2D eigenvalue weighted by Crippen LogP contribution is -2.36. The number of H-pyrrole nitrogens is 1. The van der Waals surface area contributed by atoms with Gasteiger partial charge in [0.15, 0.2) is 0 Å². The molecule has 2 aromatic rings. The van der Waals surface area contributed by atoms with E-state index in [2.05, 4.69) is 9.97 Å². The molecule has 5 heteroatoms. The summed E-state index contributed by atoms with van der Waals surface area (Å²) in [4.78, 5) is 7.34. The summed E-state index contributed by atoms with van der Waals surface area (Å²) in [6, 6.07) is 3.38. The van der Waals surface area contributed by atoms with Crippen LogP contribution in [0.25, 0.3) is 11.3 Å². The first-order chi connectivity index (χ1) is 8.96. The summed E-state index contributed by atoms with van der Waals surface area (Å²) in [6.07, 6.45) is 3.76. The van der Waals surface area contributed by atoms with Crippen LogP contribution >= 0.6 is 0 Å². The standard InChI is InChI=1S/C14H15F2N3/c1-14(17,9-2-3-9)13-18-7-12(19-13)8-4-10(15)6-11(16)5-8/h4-7,9H,2-3,17H2,1H3,(H,18,19). The summed E-state index contributed by atoms with van der Waals surface area (Å²) in [5.41, 5.74) is 6.75. The topological polar surface area (TPSA) is 54.7 Å². The molecule has 19 heavy (non-hydrogen) atoms. The quantitative estimate of drug-likeness (QED) is 0.894. The zero-order chi connectivity index (χ0) is 13.6. The van der Waals surface area contributed by atoms with Crippen LogP contribution in [0.15, 0.2) is 24.4 Å². The largest absolute Gasteiger partial charge is 0.340 e. The Labute approximate surface area is 109 Å². The van der Waals surface area contributed by atoms with E-state index < -0.39 is 17.2 Å². The Bertz CT molecular complexity index is 595. The van der Waals surface area contributed by atoms with Crippen LogP contribution in [0.5, 0.6) is 0 Å². The minimum Gasteiger partial charge on any atom is -0.340 e. The van der Waals surface area contributed by atoms with Gasteiger partial charge < -0.3 is 10.7 Å². The zero-order valence-electron chi connectivity index (χ0n) is 10.6. The molecule has 3 N–H and O–H groups in total. The first-order valence-electron chi connectivity index (χ1n) is 6.27. The maximum atomic E-state index is 13.2. The number of aromatic amines is 1. The van der Waals surface area contributed by atoms with E-state index in [4.69, 9.17) is 5.73 Å². The van der Waals surface area contributed by atoms with Crippen molar-refractivity contribution in [3.63, 3.8) is 0 Å². The van der Waals surface area contributed by atoms with E-state index >= 15 is 0 Å². The van der Waals surface area contributed by atoms with Gasteiger partial charge >= 0.3 is 0 Å². The van der Waals surface area contributed by atoms with Crippen molar-refractivity contribution in [3.05, 3.63) is 41.9 Å². The fourth-order valence-electron chi connectivity index (χ4n) is 2.33. The van der Waals surface area contributed by atoms with Gasteiger partial charge in [-0.25, -0.2) is 13.8 Å². The van der Waals surface area contributed by atoms with Crippen LogP contribution < -0.4 is 5.73 Å². The maximum absolute atomic E-state index is 13.2. The average molecular weight is 263 g/mol. The smallest absolute Gasteiger partial charge is 0.126 e. The van der Waals surface area contributed by atoms with Crippen LogP contribution in [0.4, 0.5) is 8.78 Å². The fraction of sp³-hybridized carbons (Fsp3) is 0.357. The van der Waals surface area contributed by atoms with E-state index in [0.29, 0.717) is 23.0 Å². The van der Waals surface area contributed by atoms with Crippen LogP contribution in [0, 0.1) is 17.6 Å². The van der Waals surface area contributed by atoms with Crippen molar-refractivity contribution < 1.29 is 8.78 Å². The summed E-state index contributed by atoms with van der Waals surface area (Å²) in [7, 11) is 0. The predicted molar refractivity (Wildman–Crippen MR) is 68.2 cm³/mol. The number of imidazole rings is 1. The maximum Gasteiger partial charge on any atom is 0.126 e. The van der Waals surface area contributed by atoms with Crippen molar-refractivity contribution in [2.75, 3.05) is 0 Å². The molecule has 3 nitrogen and oxygen atoms in total. The summed E-state index contributed by atoms with van der Waals surface area (Å²) in [5, 5.41) is 0. The third-order valence-corrected chi connectivity index (χ3v) is 3.69. The highest BCUT2D eigenvalue weighted by Gasteiger charge is 2.41. The molecule has 1 aromatic carbocycles. The number of nitrogens with zero attached hydrogens (tertiary/aromatic N) is 1. The van der Waals surface area contributed by atoms with Crippen molar-refractivity contribution in [1.82, 2.24) is 9.97 Å². The molecule has 1 aliphatic rings. The van der Waals surface area contributed by atoms with E-state index in [9.17, 15) is 8.78 Å². The minimum atomic E-state index is -0.608. The highest BCUT2D eigenvalue weighted by molar-refractivity contribution is 5.58. The number of benzene rings is 1. The average Bonchev–Trinajstić information content (AvgIpc) is 3.06. The van der Waals surface area contributed by atoms with Gasteiger partial charge in [0, 0.05) is 11.6 Å². The lowest BCUT2D eigenvalue weighted by atomic mass is 9.97. The Morgan fingerprint density at radius 2 is 1.89 bits per heavy atom. The fourth-order valence-corrected chi connectivity index (χ4v) is 2.33. The Hall–Kier alpha value is -1.75. The Kier molecular flexibility index (Phi) is 2.67. The van der Waals surface area contributed by atoms with Gasteiger partial charge in [0.1, 0.15) is 17.5 Å². The SMILES string of the molecule is CC(N)(c1ncc(-c2cc(F)cc(F)c2)[nH]1)C1CC1. The second-order valence-electron chi connectivity index (χ2n) is 5.36. The van der Waals surface area contributed by atoms with E-state index in [1.165, 1.54) is 12.1 Å². The van der Waals surface area contributed by atoms with E-state index in [1.54, 1.807) is 6.20 Å². The van der Waals surface area contributed by atoms with Crippen molar-refractivity contribution in [2.24, 2.45) is 11.7 Å². The third kappa shape index (κ3) is 2.26. The molecule has 0 saturated heterocycles. The predicted octanol–water partition coefficient (Wildman–Crippen LogP) is 2.94. The summed E-state index contributed by atoms with van der Waals surface area (Å²) in [6.45, 7) is 1.93. The molecular weight excluding hydrogens is 248 g/mol. The lowest BCUT2D eigenvalue weighted by Gasteiger charge is -2.21. The van der Waals surface area contributed by atoms with Crippen LogP contribution in [-0.2, 0) is 5.54 Å². The number of aromatic nitrogens is 2. The van der Waals surface area contributed by atoms with Crippen LogP contribution in [0.3, 0.4) is 0 Å². The number of hydrogen-bond acceptors (Lipinski definition) is 2. The number of hydrogen-bond donors (Lipinski definition) is 2. The Morgan fingerprint density at radius 3 is 2.47 bits per heavy atom. The summed E-state index contributed by atoms with van der Waals surface area (Å²) in [5.74, 6) is -0.127. The highest BCUT2D eigenvalue weighted by atomic mass is 19.1. The minimum absolute atomic E-state index is 0.427. The molecule has 3 rings (SSSR count). The van der Waals surface area contributed by atoms with E-state index in [1.807, 2.05) is 6.92 Å². The Morgan fingerprint density at radius 1 is 1.26 bits per heavy atom. The molecule has 1 saturated carbocycles. The molecule has 1 unspecified atom stereocenters. The highest BCUT2D eigenvalue weighted by Crippen LogP contribution is 2.43.